The predicted octanol–water partition coefficient (Wildman–Crippen LogP) is 3.71. The molecule has 9 heteroatoms. The summed E-state index contributed by atoms with van der Waals surface area (Å²) in [7, 11) is 0. The van der Waals surface area contributed by atoms with Gasteiger partial charge in [-0.25, -0.2) is 18.7 Å². The molecule has 0 aliphatic heterocycles. The molecule has 2 heterocycles. The zero-order valence-electron chi connectivity index (χ0n) is 10.2. The molecule has 0 fully saturated rings. The molecule has 2 aromatic heterocycles. The largest absolute Gasteiger partial charge is 0.300 e. The first kappa shape index (κ1) is 14.6. The minimum Gasteiger partial charge on any atom is -0.300 e. The number of hydrogen-bond acceptors (Lipinski definition) is 5. The van der Waals surface area contributed by atoms with Gasteiger partial charge in [-0.1, -0.05) is 35.2 Å². The molecule has 1 aromatic carbocycles. The average molecular weight is 390 g/mol. The quantitative estimate of drug-likeness (QED) is 0.547. The van der Waals surface area contributed by atoms with E-state index < -0.39 is 11.6 Å². The number of fused-ring (bicyclic) bond motifs is 1. The maximum absolute atomic E-state index is 13.5. The van der Waals surface area contributed by atoms with Crippen LogP contribution in [0.15, 0.2) is 32.1 Å². The number of hydrogen-bond donors (Lipinski definition) is 1. The zero-order valence-corrected chi connectivity index (χ0v) is 13.4. The van der Waals surface area contributed by atoms with E-state index in [-0.39, 0.29) is 16.9 Å². The number of benzene rings is 1. The molecule has 0 unspecified atom stereocenters. The van der Waals surface area contributed by atoms with Gasteiger partial charge in [-0.2, -0.15) is 0 Å². The molecule has 3 rings (SSSR count). The van der Waals surface area contributed by atoms with Crippen LogP contribution in [0.3, 0.4) is 0 Å². The maximum atomic E-state index is 13.5. The molecule has 0 amide bonds. The minimum atomic E-state index is -0.895. The molecule has 0 spiro atoms. The molecule has 108 valence electrons. The van der Waals surface area contributed by atoms with Crippen LogP contribution in [0, 0.1) is 11.6 Å². The van der Waals surface area contributed by atoms with E-state index in [1.165, 1.54) is 23.5 Å². The fourth-order valence-corrected chi connectivity index (χ4v) is 3.77. The number of rotatable bonds is 3. The fraction of sp³-hybridized carbons (Fsp3) is 0.0833. The number of H-pyrrole nitrogens is 1. The third kappa shape index (κ3) is 2.99. The van der Waals surface area contributed by atoms with Crippen molar-refractivity contribution in [3.05, 3.63) is 49.7 Å². The summed E-state index contributed by atoms with van der Waals surface area (Å²) in [5.74, 6) is -1.62. The van der Waals surface area contributed by atoms with Crippen LogP contribution in [0.5, 0.6) is 0 Å². The van der Waals surface area contributed by atoms with Gasteiger partial charge in [0.1, 0.15) is 4.70 Å². The van der Waals surface area contributed by atoms with Crippen molar-refractivity contribution in [2.75, 3.05) is 0 Å². The van der Waals surface area contributed by atoms with Crippen molar-refractivity contribution in [2.24, 2.45) is 0 Å². The van der Waals surface area contributed by atoms with E-state index in [0.717, 1.165) is 17.8 Å². The van der Waals surface area contributed by atoms with E-state index in [9.17, 15) is 13.6 Å². The van der Waals surface area contributed by atoms with Gasteiger partial charge in [0.25, 0.3) is 5.56 Å². The molecule has 0 bridgehead atoms. The summed E-state index contributed by atoms with van der Waals surface area (Å²) < 4.78 is 27.6. The van der Waals surface area contributed by atoms with Crippen molar-refractivity contribution >= 4 is 49.4 Å². The second-order valence-corrected chi connectivity index (χ2v) is 7.23. The number of aromatic amines is 1. The molecule has 0 atom stereocenters. The Hall–Kier alpha value is -1.32. The second-order valence-electron chi connectivity index (χ2n) is 3.99. The molecule has 1 N–H and O–H groups in total. The highest BCUT2D eigenvalue weighted by atomic mass is 79.9. The molecular weight excluding hydrogens is 384 g/mol. The number of nitrogens with one attached hydrogen (secondary N) is 1. The minimum absolute atomic E-state index is 0.156. The Morgan fingerprint density at radius 3 is 2.95 bits per heavy atom. The molecule has 0 saturated carbocycles. The standard InChI is InChI=1S/C12H6BrF2N3OS2/c13-11-16-9-8(21-11)10(19)18-12(17-9)20-4-5-2-1-3-6(14)7(5)15/h1-3H,4H2,(H,17,18,19). The number of halogens is 3. The highest BCUT2D eigenvalue weighted by Gasteiger charge is 2.12. The number of nitrogens with zero attached hydrogens (tertiary/aromatic N) is 2. The third-order valence-corrected chi connectivity index (χ3v) is 5.03. The lowest BCUT2D eigenvalue weighted by Crippen LogP contribution is -2.07. The van der Waals surface area contributed by atoms with Crippen molar-refractivity contribution < 1.29 is 8.78 Å². The van der Waals surface area contributed by atoms with Crippen LogP contribution in [0.1, 0.15) is 5.56 Å². The van der Waals surface area contributed by atoms with Crippen molar-refractivity contribution in [1.29, 1.82) is 0 Å². The lowest BCUT2D eigenvalue weighted by atomic mass is 10.2. The molecule has 0 aliphatic rings. The molecule has 0 saturated heterocycles. The van der Waals surface area contributed by atoms with Crippen molar-refractivity contribution in [1.82, 2.24) is 15.0 Å². The molecule has 4 nitrogen and oxygen atoms in total. The predicted molar refractivity (Wildman–Crippen MR) is 81.7 cm³/mol. The topological polar surface area (TPSA) is 58.6 Å². The van der Waals surface area contributed by atoms with Crippen LogP contribution in [-0.4, -0.2) is 15.0 Å². The number of aromatic nitrogens is 3. The van der Waals surface area contributed by atoms with Gasteiger partial charge in [-0.15, -0.1) is 0 Å². The molecule has 0 aliphatic carbocycles. The normalized spacial score (nSPS) is 11.2. The van der Waals surface area contributed by atoms with Gasteiger partial charge in [0.05, 0.1) is 0 Å². The Bertz CT molecular complexity index is 881. The van der Waals surface area contributed by atoms with Crippen molar-refractivity contribution in [2.45, 2.75) is 10.9 Å². The van der Waals surface area contributed by atoms with Gasteiger partial charge in [0.15, 0.2) is 26.4 Å². The van der Waals surface area contributed by atoms with Crippen LogP contribution >= 0.6 is 39.0 Å². The number of thiazole rings is 1. The van der Waals surface area contributed by atoms with Crippen LogP contribution in [-0.2, 0) is 5.75 Å². The summed E-state index contributed by atoms with van der Waals surface area (Å²) in [4.78, 5) is 22.7. The summed E-state index contributed by atoms with van der Waals surface area (Å²) in [6.45, 7) is 0. The molecule has 0 radical (unpaired) electrons. The maximum Gasteiger partial charge on any atom is 0.271 e. The monoisotopic (exact) mass is 389 g/mol. The van der Waals surface area contributed by atoms with Gasteiger partial charge < -0.3 is 4.98 Å². The van der Waals surface area contributed by atoms with Crippen molar-refractivity contribution in [3.8, 4) is 0 Å². The molecule has 3 aromatic rings. The summed E-state index contributed by atoms with van der Waals surface area (Å²) in [6, 6.07) is 3.98. The lowest BCUT2D eigenvalue weighted by molar-refractivity contribution is 0.502. The second kappa shape index (κ2) is 5.82. The first-order valence-electron chi connectivity index (χ1n) is 5.66. The van der Waals surface area contributed by atoms with Crippen LogP contribution in [0.4, 0.5) is 8.78 Å². The molecule has 21 heavy (non-hydrogen) atoms. The van der Waals surface area contributed by atoms with Gasteiger partial charge in [0, 0.05) is 11.3 Å². The Balaban J connectivity index is 1.88. The van der Waals surface area contributed by atoms with Crippen LogP contribution in [0.2, 0.25) is 0 Å². The van der Waals surface area contributed by atoms with E-state index in [1.54, 1.807) is 0 Å². The third-order valence-electron chi connectivity index (χ3n) is 2.61. The van der Waals surface area contributed by atoms with Gasteiger partial charge in [-0.05, 0) is 22.0 Å². The highest BCUT2D eigenvalue weighted by Crippen LogP contribution is 2.25. The van der Waals surface area contributed by atoms with Crippen LogP contribution < -0.4 is 5.56 Å². The van der Waals surface area contributed by atoms with Gasteiger partial charge in [0.2, 0.25) is 0 Å². The van der Waals surface area contributed by atoms with Crippen molar-refractivity contribution in [3.63, 3.8) is 0 Å². The first-order chi connectivity index (χ1) is 10.0. The van der Waals surface area contributed by atoms with E-state index >= 15 is 0 Å². The highest BCUT2D eigenvalue weighted by molar-refractivity contribution is 9.11. The Morgan fingerprint density at radius 1 is 1.33 bits per heavy atom. The fourth-order valence-electron chi connectivity index (χ4n) is 1.66. The van der Waals surface area contributed by atoms with Gasteiger partial charge >= 0.3 is 0 Å². The van der Waals surface area contributed by atoms with E-state index in [2.05, 4.69) is 30.9 Å². The zero-order chi connectivity index (χ0) is 15.0. The first-order valence-corrected chi connectivity index (χ1v) is 8.26. The Labute approximate surface area is 133 Å². The lowest BCUT2D eigenvalue weighted by Gasteiger charge is -2.03. The van der Waals surface area contributed by atoms with E-state index in [4.69, 9.17) is 0 Å². The molecular formula is C12H6BrF2N3OS2. The van der Waals surface area contributed by atoms with Crippen LogP contribution in [0.25, 0.3) is 10.3 Å². The summed E-state index contributed by atoms with van der Waals surface area (Å²) in [5, 5.41) is 0.314. The SMILES string of the molecule is O=c1[nH]c(SCc2cccc(F)c2F)nc2nc(Br)sc12. The summed E-state index contributed by atoms with van der Waals surface area (Å²) in [5.41, 5.74) is 0.241. The van der Waals surface area contributed by atoms with E-state index in [0.29, 0.717) is 19.4 Å². The number of thioether (sulfide) groups is 1. The Morgan fingerprint density at radius 2 is 2.14 bits per heavy atom. The van der Waals surface area contributed by atoms with E-state index in [1.807, 2.05) is 0 Å². The Kier molecular flexibility index (Phi) is 4.05. The van der Waals surface area contributed by atoms with Gasteiger partial charge in [-0.3, -0.25) is 4.79 Å². The summed E-state index contributed by atoms with van der Waals surface area (Å²) >= 11 is 5.49. The smallest absolute Gasteiger partial charge is 0.271 e. The summed E-state index contributed by atoms with van der Waals surface area (Å²) in [6.07, 6.45) is 0. The average Bonchev–Trinajstić information content (AvgIpc) is 2.81.